The first-order chi connectivity index (χ1) is 14.5. The summed E-state index contributed by atoms with van der Waals surface area (Å²) in [6.45, 7) is 2.63. The van der Waals surface area contributed by atoms with Gasteiger partial charge >= 0.3 is 0 Å². The van der Waals surface area contributed by atoms with E-state index in [1.54, 1.807) is 7.11 Å². The first-order valence-corrected chi connectivity index (χ1v) is 10.0. The molecule has 10 heteroatoms. The summed E-state index contributed by atoms with van der Waals surface area (Å²) in [6, 6.07) is 11.6. The summed E-state index contributed by atoms with van der Waals surface area (Å²) >= 11 is 1.25. The normalized spacial score (nSPS) is 11.0. The lowest BCUT2D eigenvalue weighted by atomic mass is 10.2. The predicted molar refractivity (Wildman–Crippen MR) is 114 cm³/mol. The molecule has 0 aliphatic heterocycles. The van der Waals surface area contributed by atoms with Crippen molar-refractivity contribution in [2.45, 2.75) is 18.6 Å². The Morgan fingerprint density at radius 1 is 1.23 bits per heavy atom. The van der Waals surface area contributed by atoms with Gasteiger partial charge in [-0.1, -0.05) is 11.8 Å². The average molecular weight is 427 g/mol. The molecule has 0 aliphatic rings. The van der Waals surface area contributed by atoms with Crippen LogP contribution in [0.2, 0.25) is 0 Å². The number of benzene rings is 2. The van der Waals surface area contributed by atoms with E-state index in [1.807, 2.05) is 35.8 Å². The molecule has 3 N–H and O–H groups in total. The molecule has 0 bridgehead atoms. The Balaban J connectivity index is 1.60. The van der Waals surface area contributed by atoms with E-state index in [2.05, 4.69) is 20.7 Å². The number of nitrogens with zero attached hydrogens (tertiary/aromatic N) is 4. The van der Waals surface area contributed by atoms with Crippen LogP contribution in [0.15, 0.2) is 52.7 Å². The molecule has 0 saturated heterocycles. The van der Waals surface area contributed by atoms with Crippen LogP contribution >= 0.6 is 11.8 Å². The number of carbonyl (C=O) groups excluding carboxylic acids is 1. The third-order valence-electron chi connectivity index (χ3n) is 4.12. The van der Waals surface area contributed by atoms with Gasteiger partial charge in [0, 0.05) is 23.7 Å². The number of ether oxygens (including phenoxy) is 1. The van der Waals surface area contributed by atoms with Gasteiger partial charge in [-0.2, -0.15) is 5.10 Å². The maximum absolute atomic E-state index is 12.1. The van der Waals surface area contributed by atoms with Crippen LogP contribution in [0.5, 0.6) is 17.2 Å². The standard InChI is InChI=1S/C20H21N5O4S/c1-3-25-19(13-5-8-16(29-2)9-6-13)23-24-20(25)30-12-18(28)22-21-11-14-4-7-15(26)10-17(14)27/h4-11,26-27H,3,12H2,1-2H3,(H,22,28)/b21-11-. The number of aromatic hydroxyl groups is 2. The number of carbonyl (C=O) groups is 1. The first-order valence-electron chi connectivity index (χ1n) is 9.06. The maximum Gasteiger partial charge on any atom is 0.250 e. The van der Waals surface area contributed by atoms with Gasteiger partial charge in [0.1, 0.15) is 17.2 Å². The monoisotopic (exact) mass is 427 g/mol. The van der Waals surface area contributed by atoms with Crippen molar-refractivity contribution in [3.8, 4) is 28.6 Å². The smallest absolute Gasteiger partial charge is 0.250 e. The van der Waals surface area contributed by atoms with Crippen LogP contribution in [0.3, 0.4) is 0 Å². The minimum Gasteiger partial charge on any atom is -0.508 e. The zero-order valence-electron chi connectivity index (χ0n) is 16.4. The number of amides is 1. The predicted octanol–water partition coefficient (Wildman–Crippen LogP) is 2.63. The molecular weight excluding hydrogens is 406 g/mol. The van der Waals surface area contributed by atoms with E-state index in [0.29, 0.717) is 23.1 Å². The quantitative estimate of drug-likeness (QED) is 0.287. The second-order valence-corrected chi connectivity index (χ2v) is 7.05. The summed E-state index contributed by atoms with van der Waals surface area (Å²) in [5, 5.41) is 31.9. The molecule has 30 heavy (non-hydrogen) atoms. The van der Waals surface area contributed by atoms with Crippen molar-refractivity contribution < 1.29 is 19.7 Å². The van der Waals surface area contributed by atoms with Gasteiger partial charge in [0.2, 0.25) is 0 Å². The second-order valence-electron chi connectivity index (χ2n) is 6.10. The van der Waals surface area contributed by atoms with Crippen molar-refractivity contribution in [3.05, 3.63) is 48.0 Å². The van der Waals surface area contributed by atoms with Crippen molar-refractivity contribution in [3.63, 3.8) is 0 Å². The van der Waals surface area contributed by atoms with Gasteiger partial charge in [0.15, 0.2) is 11.0 Å². The first kappa shape index (κ1) is 21.2. The fourth-order valence-electron chi connectivity index (χ4n) is 2.61. The third-order valence-corrected chi connectivity index (χ3v) is 5.09. The van der Waals surface area contributed by atoms with Crippen LogP contribution in [-0.4, -0.2) is 50.0 Å². The highest BCUT2D eigenvalue weighted by Gasteiger charge is 2.14. The van der Waals surface area contributed by atoms with E-state index in [4.69, 9.17) is 4.74 Å². The molecule has 0 fully saturated rings. The molecule has 1 heterocycles. The highest BCUT2D eigenvalue weighted by atomic mass is 32.2. The molecule has 0 unspecified atom stereocenters. The zero-order valence-corrected chi connectivity index (χ0v) is 17.3. The molecule has 0 saturated carbocycles. The Kier molecular flexibility index (Phi) is 6.91. The number of nitrogens with one attached hydrogen (secondary N) is 1. The fraction of sp³-hybridized carbons (Fsp3) is 0.200. The summed E-state index contributed by atoms with van der Waals surface area (Å²) in [6.07, 6.45) is 1.30. The molecule has 0 spiro atoms. The van der Waals surface area contributed by atoms with E-state index in [0.717, 1.165) is 11.3 Å². The summed E-state index contributed by atoms with van der Waals surface area (Å²) in [7, 11) is 1.61. The maximum atomic E-state index is 12.1. The number of methoxy groups -OCH3 is 1. The van der Waals surface area contributed by atoms with E-state index in [-0.39, 0.29) is 23.2 Å². The van der Waals surface area contributed by atoms with Gasteiger partial charge in [-0.05, 0) is 43.3 Å². The molecule has 2 aromatic carbocycles. The van der Waals surface area contributed by atoms with Gasteiger partial charge in [-0.15, -0.1) is 10.2 Å². The average Bonchev–Trinajstić information content (AvgIpc) is 3.16. The summed E-state index contributed by atoms with van der Waals surface area (Å²) in [5.41, 5.74) is 3.67. The lowest BCUT2D eigenvalue weighted by Crippen LogP contribution is -2.20. The van der Waals surface area contributed by atoms with Gasteiger partial charge in [0.05, 0.1) is 19.1 Å². The lowest BCUT2D eigenvalue weighted by molar-refractivity contribution is -0.118. The van der Waals surface area contributed by atoms with Crippen molar-refractivity contribution in [2.24, 2.45) is 5.10 Å². The molecule has 0 atom stereocenters. The van der Waals surface area contributed by atoms with Crippen molar-refractivity contribution >= 4 is 23.9 Å². The number of hydrogen-bond acceptors (Lipinski definition) is 8. The Morgan fingerprint density at radius 2 is 2.00 bits per heavy atom. The molecule has 1 aromatic heterocycles. The van der Waals surface area contributed by atoms with E-state index < -0.39 is 0 Å². The van der Waals surface area contributed by atoms with Crippen LogP contribution in [0.4, 0.5) is 0 Å². The second kappa shape index (κ2) is 9.79. The topological polar surface area (TPSA) is 122 Å². The van der Waals surface area contributed by atoms with Gasteiger partial charge in [0.25, 0.3) is 5.91 Å². The van der Waals surface area contributed by atoms with Crippen LogP contribution in [0, 0.1) is 0 Å². The molecule has 9 nitrogen and oxygen atoms in total. The highest BCUT2D eigenvalue weighted by Crippen LogP contribution is 2.25. The summed E-state index contributed by atoms with van der Waals surface area (Å²) in [4.78, 5) is 12.1. The number of hydrogen-bond donors (Lipinski definition) is 3. The molecule has 0 aliphatic carbocycles. The van der Waals surface area contributed by atoms with Crippen molar-refractivity contribution in [2.75, 3.05) is 12.9 Å². The molecule has 0 radical (unpaired) electrons. The summed E-state index contributed by atoms with van der Waals surface area (Å²) < 4.78 is 7.10. The number of phenols is 2. The lowest BCUT2D eigenvalue weighted by Gasteiger charge is -2.07. The van der Waals surface area contributed by atoms with E-state index in [9.17, 15) is 15.0 Å². The Labute approximate surface area is 177 Å². The van der Waals surface area contributed by atoms with Crippen LogP contribution in [0.25, 0.3) is 11.4 Å². The number of aromatic nitrogens is 3. The van der Waals surface area contributed by atoms with E-state index in [1.165, 1.54) is 36.2 Å². The molecule has 1 amide bonds. The third kappa shape index (κ3) is 5.09. The molecule has 156 valence electrons. The number of phenolic OH excluding ortho intramolecular Hbond substituents is 2. The minimum atomic E-state index is -0.328. The van der Waals surface area contributed by atoms with Crippen molar-refractivity contribution in [1.82, 2.24) is 20.2 Å². The SMILES string of the molecule is CCn1c(SCC(=O)N/N=C\c2ccc(O)cc2O)nnc1-c1ccc(OC)cc1. The van der Waals surface area contributed by atoms with Crippen LogP contribution in [0.1, 0.15) is 12.5 Å². The number of thioether (sulfide) groups is 1. The van der Waals surface area contributed by atoms with Crippen molar-refractivity contribution in [1.29, 1.82) is 0 Å². The number of hydrazone groups is 1. The number of rotatable bonds is 8. The largest absolute Gasteiger partial charge is 0.508 e. The van der Waals surface area contributed by atoms with Gasteiger partial charge < -0.3 is 19.5 Å². The van der Waals surface area contributed by atoms with E-state index >= 15 is 0 Å². The van der Waals surface area contributed by atoms with Crippen LogP contribution in [-0.2, 0) is 11.3 Å². The Morgan fingerprint density at radius 3 is 2.67 bits per heavy atom. The van der Waals surface area contributed by atoms with Crippen LogP contribution < -0.4 is 10.2 Å². The molecule has 3 aromatic rings. The van der Waals surface area contributed by atoms with Gasteiger partial charge in [-0.3, -0.25) is 4.79 Å². The fourth-order valence-corrected chi connectivity index (χ4v) is 3.41. The Hall–Kier alpha value is -3.53. The van der Waals surface area contributed by atoms with Gasteiger partial charge in [-0.25, -0.2) is 5.43 Å². The summed E-state index contributed by atoms with van der Waals surface area (Å²) in [5.74, 6) is 1.05. The molecule has 3 rings (SSSR count). The Bertz CT molecular complexity index is 1050. The molecular formula is C20H21N5O4S. The minimum absolute atomic E-state index is 0.0564. The zero-order chi connectivity index (χ0) is 21.5. The highest BCUT2D eigenvalue weighted by molar-refractivity contribution is 7.99.